The first-order chi connectivity index (χ1) is 9.04. The van der Waals surface area contributed by atoms with E-state index in [2.05, 4.69) is 48.3 Å². The van der Waals surface area contributed by atoms with Crippen molar-refractivity contribution in [2.45, 2.75) is 32.1 Å². The van der Waals surface area contributed by atoms with E-state index in [0.29, 0.717) is 0 Å². The lowest BCUT2D eigenvalue weighted by Gasteiger charge is -2.43. The Labute approximate surface area is 115 Å². The van der Waals surface area contributed by atoms with Gasteiger partial charge in [-0.25, -0.2) is 0 Å². The molecule has 0 spiro atoms. The number of morpholine rings is 1. The van der Waals surface area contributed by atoms with E-state index in [0.717, 1.165) is 19.6 Å². The van der Waals surface area contributed by atoms with Crippen molar-refractivity contribution in [2.24, 2.45) is 0 Å². The van der Waals surface area contributed by atoms with Crippen LogP contribution in [-0.4, -0.2) is 43.6 Å². The summed E-state index contributed by atoms with van der Waals surface area (Å²) in [5.74, 6) is 0. The third-order valence-electron chi connectivity index (χ3n) is 3.37. The summed E-state index contributed by atoms with van der Waals surface area (Å²) in [6, 6.07) is 8.56. The van der Waals surface area contributed by atoms with Crippen LogP contribution in [0.1, 0.15) is 19.4 Å². The number of rotatable bonds is 4. The van der Waals surface area contributed by atoms with Gasteiger partial charge >= 0.3 is 0 Å². The van der Waals surface area contributed by atoms with Gasteiger partial charge in [-0.3, -0.25) is 0 Å². The van der Waals surface area contributed by atoms with Crippen molar-refractivity contribution in [1.29, 1.82) is 0 Å². The van der Waals surface area contributed by atoms with Crippen LogP contribution in [0.5, 0.6) is 0 Å². The quantitative estimate of drug-likeness (QED) is 0.862. The number of hydrogen-bond acceptors (Lipinski definition) is 4. The first-order valence-corrected chi connectivity index (χ1v) is 6.81. The third kappa shape index (κ3) is 3.69. The summed E-state index contributed by atoms with van der Waals surface area (Å²) in [4.78, 5) is 2.29. The van der Waals surface area contributed by atoms with Crippen LogP contribution in [0.2, 0.25) is 0 Å². The summed E-state index contributed by atoms with van der Waals surface area (Å²) in [6.45, 7) is 6.67. The molecule has 19 heavy (non-hydrogen) atoms. The summed E-state index contributed by atoms with van der Waals surface area (Å²) < 4.78 is 5.84. The zero-order valence-corrected chi connectivity index (χ0v) is 12.0. The van der Waals surface area contributed by atoms with Gasteiger partial charge in [0.05, 0.1) is 18.3 Å². The third-order valence-corrected chi connectivity index (χ3v) is 3.37. The van der Waals surface area contributed by atoms with Crippen molar-refractivity contribution >= 4 is 5.69 Å². The van der Waals surface area contributed by atoms with Crippen molar-refractivity contribution in [2.75, 3.05) is 31.6 Å². The van der Waals surface area contributed by atoms with Gasteiger partial charge in [-0.1, -0.05) is 12.1 Å². The summed E-state index contributed by atoms with van der Waals surface area (Å²) in [5, 5.41) is 12.5. The van der Waals surface area contributed by atoms with Crippen LogP contribution in [0.15, 0.2) is 24.3 Å². The molecule has 106 valence electrons. The van der Waals surface area contributed by atoms with Crippen LogP contribution in [0.4, 0.5) is 5.69 Å². The second-order valence-corrected chi connectivity index (χ2v) is 5.76. The molecule has 0 radical (unpaired) electrons. The molecule has 0 aliphatic carbocycles. The standard InChI is InChI=1S/C15H24N2O2/c1-15(2)11-17(9-14(10-18)19-15)13-6-4-12(5-7-13)8-16-3/h4-7,14,16,18H,8-11H2,1-3H3. The lowest BCUT2D eigenvalue weighted by Crippen LogP contribution is -2.54. The van der Waals surface area contributed by atoms with Crippen LogP contribution >= 0.6 is 0 Å². The lowest BCUT2D eigenvalue weighted by atomic mass is 10.0. The molecule has 0 bridgehead atoms. The number of nitrogens with zero attached hydrogens (tertiary/aromatic N) is 1. The van der Waals surface area contributed by atoms with E-state index >= 15 is 0 Å². The molecule has 4 heteroatoms. The van der Waals surface area contributed by atoms with Crippen molar-refractivity contribution in [3.63, 3.8) is 0 Å². The molecule has 1 heterocycles. The highest BCUT2D eigenvalue weighted by Crippen LogP contribution is 2.26. The molecule has 1 aliphatic heterocycles. The molecule has 2 rings (SSSR count). The number of hydrogen-bond donors (Lipinski definition) is 2. The predicted molar refractivity (Wildman–Crippen MR) is 77.5 cm³/mol. The average molecular weight is 264 g/mol. The van der Waals surface area contributed by atoms with Crippen molar-refractivity contribution < 1.29 is 9.84 Å². The van der Waals surface area contributed by atoms with Gasteiger partial charge in [-0.05, 0) is 38.6 Å². The van der Waals surface area contributed by atoms with Gasteiger partial charge in [0, 0.05) is 25.3 Å². The van der Waals surface area contributed by atoms with Crippen LogP contribution in [-0.2, 0) is 11.3 Å². The van der Waals surface area contributed by atoms with Crippen molar-refractivity contribution in [3.05, 3.63) is 29.8 Å². The molecule has 0 saturated carbocycles. The number of nitrogens with one attached hydrogen (secondary N) is 1. The SMILES string of the molecule is CNCc1ccc(N2CC(CO)OC(C)(C)C2)cc1. The molecule has 0 amide bonds. The molecule has 2 N–H and O–H groups in total. The molecular formula is C15H24N2O2. The lowest BCUT2D eigenvalue weighted by molar-refractivity contribution is -0.101. The first kappa shape index (κ1) is 14.3. The maximum absolute atomic E-state index is 9.34. The van der Waals surface area contributed by atoms with E-state index in [1.165, 1.54) is 11.3 Å². The first-order valence-electron chi connectivity index (χ1n) is 6.81. The topological polar surface area (TPSA) is 44.7 Å². The number of anilines is 1. The van der Waals surface area contributed by atoms with Gasteiger partial charge < -0.3 is 20.1 Å². The number of benzene rings is 1. The van der Waals surface area contributed by atoms with Crippen LogP contribution < -0.4 is 10.2 Å². The summed E-state index contributed by atoms with van der Waals surface area (Å²) in [6.07, 6.45) is -0.110. The molecule has 0 aromatic heterocycles. The molecule has 1 aromatic rings. The predicted octanol–water partition coefficient (Wildman–Crippen LogP) is 1.38. The minimum atomic E-state index is -0.227. The molecule has 1 fully saturated rings. The highest BCUT2D eigenvalue weighted by Gasteiger charge is 2.33. The minimum absolute atomic E-state index is 0.0672. The zero-order chi connectivity index (χ0) is 13.9. The second kappa shape index (κ2) is 5.90. The van der Waals surface area contributed by atoms with Gasteiger partial charge in [0.2, 0.25) is 0 Å². The largest absolute Gasteiger partial charge is 0.394 e. The Bertz CT molecular complexity index is 403. The highest BCUT2D eigenvalue weighted by molar-refractivity contribution is 5.48. The molecule has 4 nitrogen and oxygen atoms in total. The Morgan fingerprint density at radius 1 is 1.37 bits per heavy atom. The van der Waals surface area contributed by atoms with E-state index < -0.39 is 0 Å². The molecule has 1 atom stereocenters. The molecule has 1 unspecified atom stereocenters. The fraction of sp³-hybridized carbons (Fsp3) is 0.600. The number of aliphatic hydroxyl groups excluding tert-OH is 1. The van der Waals surface area contributed by atoms with E-state index in [9.17, 15) is 5.11 Å². The van der Waals surface area contributed by atoms with Crippen molar-refractivity contribution in [1.82, 2.24) is 5.32 Å². The molecule has 1 aliphatic rings. The van der Waals surface area contributed by atoms with E-state index in [1.54, 1.807) is 0 Å². The monoisotopic (exact) mass is 264 g/mol. The Kier molecular flexibility index (Phi) is 4.45. The summed E-state index contributed by atoms with van der Waals surface area (Å²) in [7, 11) is 1.95. The Morgan fingerprint density at radius 3 is 2.63 bits per heavy atom. The fourth-order valence-corrected chi connectivity index (χ4v) is 2.62. The van der Waals surface area contributed by atoms with Gasteiger partial charge in [0.1, 0.15) is 0 Å². The maximum atomic E-state index is 9.34. The smallest absolute Gasteiger partial charge is 0.0988 e. The summed E-state index contributed by atoms with van der Waals surface area (Å²) >= 11 is 0. The highest BCUT2D eigenvalue weighted by atomic mass is 16.5. The Morgan fingerprint density at radius 2 is 2.05 bits per heavy atom. The van der Waals surface area contributed by atoms with Crippen LogP contribution in [0.25, 0.3) is 0 Å². The Balaban J connectivity index is 2.11. The number of ether oxygens (including phenoxy) is 1. The molecule has 1 aromatic carbocycles. The maximum Gasteiger partial charge on any atom is 0.0988 e. The number of aliphatic hydroxyl groups is 1. The van der Waals surface area contributed by atoms with Crippen LogP contribution in [0, 0.1) is 0 Å². The molecule has 1 saturated heterocycles. The minimum Gasteiger partial charge on any atom is -0.394 e. The second-order valence-electron chi connectivity index (χ2n) is 5.76. The zero-order valence-electron chi connectivity index (χ0n) is 12.0. The van der Waals surface area contributed by atoms with Gasteiger partial charge in [0.15, 0.2) is 0 Å². The van der Waals surface area contributed by atoms with Gasteiger partial charge in [-0.2, -0.15) is 0 Å². The van der Waals surface area contributed by atoms with E-state index in [1.807, 2.05) is 7.05 Å². The van der Waals surface area contributed by atoms with Crippen molar-refractivity contribution in [3.8, 4) is 0 Å². The average Bonchev–Trinajstić information content (AvgIpc) is 2.38. The van der Waals surface area contributed by atoms with Crippen LogP contribution in [0.3, 0.4) is 0 Å². The normalized spacial score (nSPS) is 22.5. The fourth-order valence-electron chi connectivity index (χ4n) is 2.62. The van der Waals surface area contributed by atoms with Gasteiger partial charge in [-0.15, -0.1) is 0 Å². The Hall–Kier alpha value is -1.10. The summed E-state index contributed by atoms with van der Waals surface area (Å²) in [5.41, 5.74) is 2.24. The van der Waals surface area contributed by atoms with E-state index in [-0.39, 0.29) is 18.3 Å². The van der Waals surface area contributed by atoms with E-state index in [4.69, 9.17) is 4.74 Å². The van der Waals surface area contributed by atoms with Gasteiger partial charge in [0.25, 0.3) is 0 Å². The molecular weight excluding hydrogens is 240 g/mol.